The maximum absolute atomic E-state index is 11.9. The van der Waals surface area contributed by atoms with E-state index < -0.39 is 0 Å². The first-order chi connectivity index (χ1) is 12.4. The van der Waals surface area contributed by atoms with Gasteiger partial charge in [-0.05, 0) is 27.7 Å². The van der Waals surface area contributed by atoms with Crippen LogP contribution in [0.2, 0.25) is 0 Å². The molecule has 1 aromatic heterocycles. The Hall–Kier alpha value is -1.43. The van der Waals surface area contributed by atoms with E-state index in [4.69, 9.17) is 4.99 Å². The molecular weight excluding hydrogens is 459 g/mol. The number of rotatable bonds is 6. The smallest absolute Gasteiger partial charge is 0.234 e. The van der Waals surface area contributed by atoms with Crippen LogP contribution in [0, 0.1) is 6.92 Å². The van der Waals surface area contributed by atoms with Gasteiger partial charge in [0.25, 0.3) is 0 Å². The van der Waals surface area contributed by atoms with Gasteiger partial charge >= 0.3 is 0 Å². The van der Waals surface area contributed by atoms with Crippen molar-refractivity contribution in [2.75, 3.05) is 39.3 Å². The number of nitrogens with zero attached hydrogens (tertiary/aromatic N) is 6. The van der Waals surface area contributed by atoms with Crippen molar-refractivity contribution in [1.29, 1.82) is 0 Å². The van der Waals surface area contributed by atoms with Crippen LogP contribution in [0.25, 0.3) is 0 Å². The van der Waals surface area contributed by atoms with Crippen LogP contribution in [-0.2, 0) is 18.4 Å². The van der Waals surface area contributed by atoms with Crippen LogP contribution in [0.5, 0.6) is 0 Å². The van der Waals surface area contributed by atoms with Crippen LogP contribution < -0.4 is 10.6 Å². The maximum atomic E-state index is 11.9. The molecule has 2 N–H and O–H groups in total. The minimum absolute atomic E-state index is 0. The summed E-state index contributed by atoms with van der Waals surface area (Å²) >= 11 is 0. The standard InChI is InChI=1S/C17H32N8O.HI/c1-6-18-17(19-11-15-22-21-14(4)23(15)5)25-9-7-24(8-10-25)12-16(26)20-13(2)3;/h13H,6-12H2,1-5H3,(H,18,19)(H,20,26);1H. The van der Waals surface area contributed by atoms with Crippen molar-refractivity contribution in [3.05, 3.63) is 11.6 Å². The molecule has 0 radical (unpaired) electrons. The number of aromatic nitrogens is 3. The Bertz CT molecular complexity index is 622. The number of hydrogen-bond acceptors (Lipinski definition) is 5. The largest absolute Gasteiger partial charge is 0.357 e. The Morgan fingerprint density at radius 3 is 2.41 bits per heavy atom. The van der Waals surface area contributed by atoms with Crippen LogP contribution in [-0.4, -0.2) is 81.7 Å². The van der Waals surface area contributed by atoms with E-state index in [0.717, 1.165) is 50.3 Å². The second kappa shape index (κ2) is 11.4. The Labute approximate surface area is 179 Å². The van der Waals surface area contributed by atoms with Gasteiger partial charge in [-0.3, -0.25) is 9.69 Å². The topological polar surface area (TPSA) is 90.7 Å². The molecule has 1 aliphatic rings. The van der Waals surface area contributed by atoms with E-state index in [1.54, 1.807) is 0 Å². The van der Waals surface area contributed by atoms with Crippen molar-refractivity contribution in [1.82, 2.24) is 35.2 Å². The zero-order valence-corrected chi connectivity index (χ0v) is 19.4. The molecule has 1 amide bonds. The van der Waals surface area contributed by atoms with Crippen LogP contribution in [0.15, 0.2) is 4.99 Å². The SMILES string of the molecule is CCNC(=NCc1nnc(C)n1C)N1CCN(CC(=O)NC(C)C)CC1.I. The molecule has 0 saturated carbocycles. The summed E-state index contributed by atoms with van der Waals surface area (Å²) in [6.45, 7) is 13.1. The number of amides is 1. The summed E-state index contributed by atoms with van der Waals surface area (Å²) in [5.74, 6) is 2.71. The summed E-state index contributed by atoms with van der Waals surface area (Å²) in [6, 6.07) is 0.181. The number of guanidine groups is 1. The number of nitrogens with one attached hydrogen (secondary N) is 2. The van der Waals surface area contributed by atoms with Crippen LogP contribution in [0.3, 0.4) is 0 Å². The second-order valence-corrected chi connectivity index (χ2v) is 6.88. The molecule has 0 atom stereocenters. The molecule has 9 nitrogen and oxygen atoms in total. The van der Waals surface area contributed by atoms with Crippen molar-refractivity contribution in [3.8, 4) is 0 Å². The highest BCUT2D eigenvalue weighted by atomic mass is 127. The summed E-state index contributed by atoms with van der Waals surface area (Å²) in [5, 5.41) is 14.5. The quantitative estimate of drug-likeness (QED) is 0.339. The van der Waals surface area contributed by atoms with Gasteiger partial charge in [-0.15, -0.1) is 34.2 Å². The molecule has 0 aliphatic carbocycles. The zero-order valence-electron chi connectivity index (χ0n) is 17.0. The van der Waals surface area contributed by atoms with Gasteiger partial charge in [0, 0.05) is 45.8 Å². The van der Waals surface area contributed by atoms with E-state index in [1.165, 1.54) is 0 Å². The lowest BCUT2D eigenvalue weighted by Gasteiger charge is -2.36. The molecule has 27 heavy (non-hydrogen) atoms. The Kier molecular flexibility index (Phi) is 9.99. The van der Waals surface area contributed by atoms with Crippen molar-refractivity contribution in [2.24, 2.45) is 12.0 Å². The fourth-order valence-corrected chi connectivity index (χ4v) is 2.85. The molecule has 1 saturated heterocycles. The van der Waals surface area contributed by atoms with Crippen LogP contribution >= 0.6 is 24.0 Å². The van der Waals surface area contributed by atoms with E-state index in [1.807, 2.05) is 32.4 Å². The lowest BCUT2D eigenvalue weighted by Crippen LogP contribution is -2.54. The van der Waals surface area contributed by atoms with Gasteiger partial charge < -0.3 is 20.1 Å². The van der Waals surface area contributed by atoms with Crippen molar-refractivity contribution < 1.29 is 4.79 Å². The van der Waals surface area contributed by atoms with Gasteiger partial charge in [0.05, 0.1) is 6.54 Å². The number of halogens is 1. The van der Waals surface area contributed by atoms with Gasteiger partial charge in [-0.1, -0.05) is 0 Å². The average molecular weight is 492 g/mol. The number of aliphatic imine (C=N–C) groups is 1. The Balaban J connectivity index is 0.00000364. The van der Waals surface area contributed by atoms with Gasteiger partial charge in [-0.2, -0.15) is 0 Å². The van der Waals surface area contributed by atoms with Gasteiger partial charge in [0.2, 0.25) is 5.91 Å². The van der Waals surface area contributed by atoms with E-state index >= 15 is 0 Å². The summed E-state index contributed by atoms with van der Waals surface area (Å²) in [5.41, 5.74) is 0. The second-order valence-electron chi connectivity index (χ2n) is 6.88. The zero-order chi connectivity index (χ0) is 19.1. The van der Waals surface area contributed by atoms with Crippen LogP contribution in [0.4, 0.5) is 0 Å². The Morgan fingerprint density at radius 1 is 1.22 bits per heavy atom. The lowest BCUT2D eigenvalue weighted by molar-refractivity contribution is -0.123. The molecule has 154 valence electrons. The highest BCUT2D eigenvalue weighted by molar-refractivity contribution is 14.0. The van der Waals surface area contributed by atoms with Crippen LogP contribution in [0.1, 0.15) is 32.4 Å². The first kappa shape index (κ1) is 23.6. The molecule has 2 rings (SSSR count). The summed E-state index contributed by atoms with van der Waals surface area (Å²) in [7, 11) is 1.95. The fourth-order valence-electron chi connectivity index (χ4n) is 2.85. The predicted octanol–water partition coefficient (Wildman–Crippen LogP) is 0.349. The van der Waals surface area contributed by atoms with Gasteiger partial charge in [-0.25, -0.2) is 4.99 Å². The predicted molar refractivity (Wildman–Crippen MR) is 117 cm³/mol. The number of carbonyl (C=O) groups excluding carboxylic acids is 1. The molecule has 1 fully saturated rings. The maximum Gasteiger partial charge on any atom is 0.234 e. The number of piperazine rings is 1. The molecule has 1 aromatic rings. The van der Waals surface area contributed by atoms with E-state index in [-0.39, 0.29) is 35.9 Å². The summed E-state index contributed by atoms with van der Waals surface area (Å²) < 4.78 is 1.96. The minimum atomic E-state index is 0. The molecular formula is C17H33IN8O. The molecule has 0 bridgehead atoms. The first-order valence-electron chi connectivity index (χ1n) is 9.30. The summed E-state index contributed by atoms with van der Waals surface area (Å²) in [6.07, 6.45) is 0. The fraction of sp³-hybridized carbons (Fsp3) is 0.765. The van der Waals surface area contributed by atoms with E-state index in [9.17, 15) is 4.79 Å². The number of hydrogen-bond donors (Lipinski definition) is 2. The third-order valence-corrected chi connectivity index (χ3v) is 4.38. The average Bonchev–Trinajstić information content (AvgIpc) is 2.90. The first-order valence-corrected chi connectivity index (χ1v) is 9.30. The number of carbonyl (C=O) groups is 1. The summed E-state index contributed by atoms with van der Waals surface area (Å²) in [4.78, 5) is 21.1. The van der Waals surface area contributed by atoms with Gasteiger partial charge in [0.15, 0.2) is 11.8 Å². The minimum Gasteiger partial charge on any atom is -0.357 e. The van der Waals surface area contributed by atoms with Crippen molar-refractivity contribution in [3.63, 3.8) is 0 Å². The highest BCUT2D eigenvalue weighted by Gasteiger charge is 2.21. The molecule has 2 heterocycles. The normalized spacial score (nSPS) is 15.6. The Morgan fingerprint density at radius 2 is 1.89 bits per heavy atom. The molecule has 0 unspecified atom stereocenters. The third kappa shape index (κ3) is 7.24. The van der Waals surface area contributed by atoms with Gasteiger partial charge in [0.1, 0.15) is 12.4 Å². The highest BCUT2D eigenvalue weighted by Crippen LogP contribution is 2.05. The third-order valence-electron chi connectivity index (χ3n) is 4.38. The van der Waals surface area contributed by atoms with Crippen molar-refractivity contribution >= 4 is 35.8 Å². The molecule has 0 aromatic carbocycles. The molecule has 0 spiro atoms. The number of aryl methyl sites for hydroxylation is 1. The monoisotopic (exact) mass is 492 g/mol. The molecule has 10 heteroatoms. The molecule has 1 aliphatic heterocycles. The van der Waals surface area contributed by atoms with E-state index in [0.29, 0.717) is 13.1 Å². The lowest BCUT2D eigenvalue weighted by atomic mass is 10.3. The van der Waals surface area contributed by atoms with E-state index in [2.05, 4.69) is 37.6 Å². The van der Waals surface area contributed by atoms with Crippen molar-refractivity contribution in [2.45, 2.75) is 40.3 Å².